The van der Waals surface area contributed by atoms with Crippen LogP contribution in [0.5, 0.6) is 0 Å². The van der Waals surface area contributed by atoms with Gasteiger partial charge in [0, 0.05) is 13.6 Å². The molecule has 0 radical (unpaired) electrons. The monoisotopic (exact) mass is 387 g/mol. The number of carboxylic acids is 1. The summed E-state index contributed by atoms with van der Waals surface area (Å²) < 4.78 is 33.3. The third kappa shape index (κ3) is 3.90. The molecule has 0 aliphatic heterocycles. The number of aryl methyl sites for hydroxylation is 2. The van der Waals surface area contributed by atoms with Crippen LogP contribution in [-0.2, 0) is 19.6 Å². The van der Waals surface area contributed by atoms with Crippen molar-refractivity contribution in [3.63, 3.8) is 0 Å². The Morgan fingerprint density at radius 1 is 1.35 bits per heavy atom. The summed E-state index contributed by atoms with van der Waals surface area (Å²) in [4.78, 5) is 25.3. The summed E-state index contributed by atoms with van der Waals surface area (Å²) in [5, 5.41) is 12.7. The van der Waals surface area contributed by atoms with Crippen molar-refractivity contribution in [2.24, 2.45) is 5.92 Å². The van der Waals surface area contributed by atoms with Crippen LogP contribution in [0.1, 0.15) is 44.1 Å². The minimum absolute atomic E-state index is 0.00294. The predicted octanol–water partition coefficient (Wildman–Crippen LogP) is 1.06. The smallest absolute Gasteiger partial charge is 0.308 e. The van der Waals surface area contributed by atoms with Gasteiger partial charge < -0.3 is 14.5 Å². The molecule has 1 unspecified atom stereocenters. The number of hydrogen-bond acceptors (Lipinski definition) is 6. The summed E-state index contributed by atoms with van der Waals surface area (Å²) >= 11 is 0. The molecule has 1 aliphatic rings. The van der Waals surface area contributed by atoms with Crippen LogP contribution in [0.25, 0.3) is 0 Å². The van der Waals surface area contributed by atoms with Crippen LogP contribution in [0.4, 0.5) is 0 Å². The molecule has 0 aromatic carbocycles. The number of hydrogen-bond donors (Lipinski definition) is 2. The van der Waals surface area contributed by atoms with Gasteiger partial charge in [-0.25, -0.2) is 8.42 Å². The highest BCUT2D eigenvalue weighted by Crippen LogP contribution is 2.34. The molecule has 26 heavy (non-hydrogen) atoms. The van der Waals surface area contributed by atoms with Crippen molar-refractivity contribution in [1.29, 1.82) is 0 Å². The van der Waals surface area contributed by atoms with E-state index in [2.05, 4.69) is 9.88 Å². The van der Waals surface area contributed by atoms with E-state index in [-0.39, 0.29) is 22.9 Å². The molecule has 1 amide bonds. The number of sulfonamides is 1. The topological polar surface area (TPSA) is 130 Å². The van der Waals surface area contributed by atoms with Crippen LogP contribution in [0.15, 0.2) is 9.42 Å². The standard InChI is InChI=1S/C16H25N3O6S/c1-10(14(20)21)9-19(4)15(22)16(7-5-6-8-16)18-26(23,24)13-11(2)17-25-12(13)3/h10,18H,5-9H2,1-4H3,(H,20,21). The number of carbonyl (C=O) groups is 2. The first-order valence-electron chi connectivity index (χ1n) is 8.45. The maximum atomic E-state index is 13.0. The van der Waals surface area contributed by atoms with Crippen molar-refractivity contribution in [3.05, 3.63) is 11.5 Å². The van der Waals surface area contributed by atoms with Crippen molar-refractivity contribution in [3.8, 4) is 0 Å². The number of nitrogens with zero attached hydrogens (tertiary/aromatic N) is 2. The molecule has 0 bridgehead atoms. The van der Waals surface area contributed by atoms with E-state index in [0.717, 1.165) is 0 Å². The maximum Gasteiger partial charge on any atom is 0.308 e. The highest BCUT2D eigenvalue weighted by atomic mass is 32.2. The lowest BCUT2D eigenvalue weighted by molar-refractivity contribution is -0.143. The van der Waals surface area contributed by atoms with Crippen LogP contribution in [0.2, 0.25) is 0 Å². The Labute approximate surface area is 152 Å². The maximum absolute atomic E-state index is 13.0. The Kier molecular flexibility index (Phi) is 5.76. The van der Waals surface area contributed by atoms with E-state index in [9.17, 15) is 18.0 Å². The number of rotatable bonds is 7. The van der Waals surface area contributed by atoms with Crippen LogP contribution in [0.3, 0.4) is 0 Å². The molecule has 1 aliphatic carbocycles. The molecular formula is C16H25N3O6S. The van der Waals surface area contributed by atoms with Crippen molar-refractivity contribution < 1.29 is 27.6 Å². The van der Waals surface area contributed by atoms with Gasteiger partial charge in [-0.05, 0) is 26.7 Å². The van der Waals surface area contributed by atoms with E-state index in [1.54, 1.807) is 0 Å². The summed E-state index contributed by atoms with van der Waals surface area (Å²) in [5.41, 5.74) is -1.05. The summed E-state index contributed by atoms with van der Waals surface area (Å²) in [7, 11) is -2.52. The van der Waals surface area contributed by atoms with Gasteiger partial charge in [0.2, 0.25) is 15.9 Å². The van der Waals surface area contributed by atoms with Gasteiger partial charge in [-0.15, -0.1) is 0 Å². The van der Waals surface area contributed by atoms with E-state index in [1.165, 1.54) is 32.7 Å². The Bertz CT molecular complexity index is 775. The highest BCUT2D eigenvalue weighted by molar-refractivity contribution is 7.89. The number of carbonyl (C=O) groups excluding carboxylic acids is 1. The van der Waals surface area contributed by atoms with Gasteiger partial charge in [0.05, 0.1) is 5.92 Å². The van der Waals surface area contributed by atoms with Gasteiger partial charge in [-0.1, -0.05) is 24.9 Å². The van der Waals surface area contributed by atoms with Gasteiger partial charge in [-0.3, -0.25) is 9.59 Å². The number of nitrogens with one attached hydrogen (secondary N) is 1. The zero-order chi connectivity index (χ0) is 19.7. The van der Waals surface area contributed by atoms with E-state index in [0.29, 0.717) is 25.7 Å². The Morgan fingerprint density at radius 3 is 2.38 bits per heavy atom. The van der Waals surface area contributed by atoms with E-state index in [1.807, 2.05) is 0 Å². The zero-order valence-electron chi connectivity index (χ0n) is 15.4. The first-order valence-corrected chi connectivity index (χ1v) is 9.94. The zero-order valence-corrected chi connectivity index (χ0v) is 16.2. The Balaban J connectivity index is 2.30. The Morgan fingerprint density at radius 2 is 1.92 bits per heavy atom. The van der Waals surface area contributed by atoms with E-state index < -0.39 is 33.4 Å². The summed E-state index contributed by atoms with van der Waals surface area (Å²) in [6, 6.07) is 0. The number of amides is 1. The van der Waals surface area contributed by atoms with Crippen molar-refractivity contribution in [1.82, 2.24) is 14.8 Å². The number of aliphatic carboxylic acids is 1. The van der Waals surface area contributed by atoms with Crippen LogP contribution in [-0.4, -0.2) is 54.6 Å². The average Bonchev–Trinajstić information content (AvgIpc) is 3.13. The normalized spacial score (nSPS) is 17.8. The van der Waals surface area contributed by atoms with Gasteiger partial charge in [0.1, 0.15) is 16.1 Å². The van der Waals surface area contributed by atoms with Crippen molar-refractivity contribution in [2.45, 2.75) is 56.9 Å². The van der Waals surface area contributed by atoms with Gasteiger partial charge >= 0.3 is 5.97 Å². The third-order valence-corrected chi connectivity index (χ3v) is 6.53. The second-order valence-corrected chi connectivity index (χ2v) is 8.59. The second-order valence-electron chi connectivity index (χ2n) is 6.97. The minimum atomic E-state index is -4.01. The highest BCUT2D eigenvalue weighted by Gasteiger charge is 2.47. The predicted molar refractivity (Wildman–Crippen MR) is 91.9 cm³/mol. The molecule has 1 heterocycles. The molecule has 1 fully saturated rings. The quantitative estimate of drug-likeness (QED) is 0.715. The molecule has 0 spiro atoms. The fourth-order valence-electron chi connectivity index (χ4n) is 3.44. The second kappa shape index (κ2) is 7.36. The first-order chi connectivity index (χ1) is 12.0. The lowest BCUT2D eigenvalue weighted by atomic mass is 9.97. The molecule has 1 aromatic rings. The third-order valence-electron chi connectivity index (χ3n) is 4.75. The fraction of sp³-hybridized carbons (Fsp3) is 0.688. The molecule has 10 heteroatoms. The molecule has 2 rings (SSSR count). The van der Waals surface area contributed by atoms with Gasteiger partial charge in [-0.2, -0.15) is 4.72 Å². The van der Waals surface area contributed by atoms with Gasteiger partial charge in [0.25, 0.3) is 0 Å². The summed E-state index contributed by atoms with van der Waals surface area (Å²) in [6.07, 6.45) is 2.14. The lowest BCUT2D eigenvalue weighted by Gasteiger charge is -2.33. The molecule has 1 aromatic heterocycles. The molecule has 2 N–H and O–H groups in total. The first kappa shape index (κ1) is 20.4. The van der Waals surface area contributed by atoms with Crippen LogP contribution < -0.4 is 4.72 Å². The minimum Gasteiger partial charge on any atom is -0.481 e. The van der Waals surface area contributed by atoms with E-state index >= 15 is 0 Å². The van der Waals surface area contributed by atoms with E-state index in [4.69, 9.17) is 9.63 Å². The molecule has 0 saturated heterocycles. The van der Waals surface area contributed by atoms with Crippen LogP contribution >= 0.6 is 0 Å². The molecule has 9 nitrogen and oxygen atoms in total. The van der Waals surface area contributed by atoms with Crippen molar-refractivity contribution >= 4 is 21.9 Å². The molecule has 1 atom stereocenters. The van der Waals surface area contributed by atoms with Gasteiger partial charge in [0.15, 0.2) is 5.76 Å². The summed E-state index contributed by atoms with van der Waals surface area (Å²) in [5.74, 6) is -2.02. The van der Waals surface area contributed by atoms with Crippen molar-refractivity contribution in [2.75, 3.05) is 13.6 Å². The average molecular weight is 387 g/mol. The number of aromatic nitrogens is 1. The number of carboxylic acid groups (broad SMARTS) is 1. The fourth-order valence-corrected chi connectivity index (χ4v) is 5.19. The Hall–Kier alpha value is -1.94. The largest absolute Gasteiger partial charge is 0.481 e. The number of likely N-dealkylation sites (N-methyl/N-ethyl adjacent to an activating group) is 1. The van der Waals surface area contributed by atoms with Crippen LogP contribution in [0, 0.1) is 19.8 Å². The molecule has 1 saturated carbocycles. The molecular weight excluding hydrogens is 362 g/mol. The lowest BCUT2D eigenvalue weighted by Crippen LogP contribution is -2.58. The molecule has 146 valence electrons. The SMILES string of the molecule is Cc1noc(C)c1S(=O)(=O)NC1(C(=O)N(C)CC(C)C(=O)O)CCCC1. The summed E-state index contributed by atoms with van der Waals surface area (Å²) in [6.45, 7) is 4.53.